The van der Waals surface area contributed by atoms with E-state index in [4.69, 9.17) is 4.74 Å². The Balaban J connectivity index is 1.30. The van der Waals surface area contributed by atoms with Crippen molar-refractivity contribution in [3.8, 4) is 11.1 Å². The predicted octanol–water partition coefficient (Wildman–Crippen LogP) is 4.12. The molecule has 1 amide bonds. The van der Waals surface area contributed by atoms with Crippen LogP contribution in [0.1, 0.15) is 36.3 Å². The predicted molar refractivity (Wildman–Crippen MR) is 104 cm³/mol. The number of carboxylic acid groups (broad SMARTS) is 1. The second-order valence-corrected chi connectivity index (χ2v) is 8.05. The highest BCUT2D eigenvalue weighted by Crippen LogP contribution is 2.47. The Morgan fingerprint density at radius 3 is 2.29 bits per heavy atom. The number of hydrogen-bond acceptors (Lipinski definition) is 3. The van der Waals surface area contributed by atoms with E-state index in [0.717, 1.165) is 12.8 Å². The Kier molecular flexibility index (Phi) is 4.11. The zero-order chi connectivity index (χ0) is 19.3. The molecule has 3 unspecified atom stereocenters. The molecule has 0 aromatic heterocycles. The number of hydrogen-bond donors (Lipinski definition) is 1. The fourth-order valence-corrected chi connectivity index (χ4v) is 5.07. The van der Waals surface area contributed by atoms with Gasteiger partial charge in [0.05, 0.1) is 5.92 Å². The normalized spacial score (nSPS) is 25.3. The van der Waals surface area contributed by atoms with Gasteiger partial charge in [-0.15, -0.1) is 0 Å². The summed E-state index contributed by atoms with van der Waals surface area (Å²) in [5, 5.41) is 9.21. The van der Waals surface area contributed by atoms with Crippen LogP contribution in [0.5, 0.6) is 0 Å². The molecule has 2 aromatic rings. The SMILES string of the molecule is O=C(O)C1CC1C1CCCN1C(=O)OCC1c2ccccc2-c2ccccc21. The van der Waals surface area contributed by atoms with Gasteiger partial charge in [-0.25, -0.2) is 4.79 Å². The molecule has 5 rings (SSSR count). The van der Waals surface area contributed by atoms with E-state index >= 15 is 0 Å². The molecule has 1 saturated heterocycles. The van der Waals surface area contributed by atoms with Crippen LogP contribution in [0.4, 0.5) is 4.79 Å². The summed E-state index contributed by atoms with van der Waals surface area (Å²) in [5.74, 6) is -0.915. The van der Waals surface area contributed by atoms with Crippen LogP contribution in [0.2, 0.25) is 0 Å². The van der Waals surface area contributed by atoms with Gasteiger partial charge in [-0.05, 0) is 47.4 Å². The molecule has 1 heterocycles. The molecular weight excluding hydrogens is 354 g/mol. The second kappa shape index (κ2) is 6.66. The van der Waals surface area contributed by atoms with Crippen molar-refractivity contribution in [2.75, 3.05) is 13.2 Å². The number of fused-ring (bicyclic) bond motifs is 3. The van der Waals surface area contributed by atoms with E-state index < -0.39 is 5.97 Å². The fourth-order valence-electron chi connectivity index (χ4n) is 5.07. The first-order valence-corrected chi connectivity index (χ1v) is 9.99. The van der Waals surface area contributed by atoms with E-state index in [0.29, 0.717) is 19.6 Å². The Hall–Kier alpha value is -2.82. The largest absolute Gasteiger partial charge is 0.481 e. The van der Waals surface area contributed by atoms with E-state index in [9.17, 15) is 14.7 Å². The number of benzene rings is 2. The Bertz CT molecular complexity index is 894. The van der Waals surface area contributed by atoms with Gasteiger partial charge in [0.15, 0.2) is 0 Å². The van der Waals surface area contributed by atoms with Crippen LogP contribution in [0.3, 0.4) is 0 Å². The van der Waals surface area contributed by atoms with Gasteiger partial charge in [-0.1, -0.05) is 48.5 Å². The smallest absolute Gasteiger partial charge is 0.410 e. The molecule has 5 heteroatoms. The number of nitrogens with zero attached hydrogens (tertiary/aromatic N) is 1. The van der Waals surface area contributed by atoms with Crippen molar-refractivity contribution in [3.05, 3.63) is 59.7 Å². The van der Waals surface area contributed by atoms with Gasteiger partial charge in [0.25, 0.3) is 0 Å². The van der Waals surface area contributed by atoms with Crippen molar-refractivity contribution >= 4 is 12.1 Å². The zero-order valence-corrected chi connectivity index (χ0v) is 15.6. The minimum atomic E-state index is -0.746. The minimum absolute atomic E-state index is 0.0109. The van der Waals surface area contributed by atoms with E-state index in [1.165, 1.54) is 22.3 Å². The molecule has 144 valence electrons. The summed E-state index contributed by atoms with van der Waals surface area (Å²) in [7, 11) is 0. The van der Waals surface area contributed by atoms with Crippen LogP contribution < -0.4 is 0 Å². The molecule has 1 saturated carbocycles. The van der Waals surface area contributed by atoms with E-state index in [1.54, 1.807) is 4.90 Å². The Labute approximate surface area is 163 Å². The molecule has 28 heavy (non-hydrogen) atoms. The molecule has 3 aliphatic rings. The molecule has 0 radical (unpaired) electrons. The zero-order valence-electron chi connectivity index (χ0n) is 15.6. The van der Waals surface area contributed by atoms with Crippen molar-refractivity contribution in [2.24, 2.45) is 11.8 Å². The van der Waals surface area contributed by atoms with Gasteiger partial charge in [-0.3, -0.25) is 4.79 Å². The van der Waals surface area contributed by atoms with Crippen LogP contribution >= 0.6 is 0 Å². The van der Waals surface area contributed by atoms with Crippen molar-refractivity contribution < 1.29 is 19.4 Å². The number of aliphatic carboxylic acids is 1. The van der Waals surface area contributed by atoms with E-state index in [1.807, 2.05) is 24.3 Å². The maximum Gasteiger partial charge on any atom is 0.410 e. The standard InChI is InChI=1S/C23H23NO4/c25-22(26)19-12-18(19)21-10-5-11-24(21)23(27)28-13-20-16-8-3-1-6-14(16)15-7-2-4-9-17(15)20/h1-4,6-9,18-21H,5,10-13H2,(H,25,26). The first-order valence-electron chi connectivity index (χ1n) is 9.99. The number of rotatable bonds is 4. The van der Waals surface area contributed by atoms with Crippen molar-refractivity contribution in [2.45, 2.75) is 31.2 Å². The number of ether oxygens (including phenoxy) is 1. The lowest BCUT2D eigenvalue weighted by molar-refractivity contribution is -0.139. The van der Waals surface area contributed by atoms with Crippen LogP contribution in [0, 0.1) is 11.8 Å². The number of carboxylic acids is 1. The van der Waals surface area contributed by atoms with Crippen LogP contribution in [-0.4, -0.2) is 41.3 Å². The topological polar surface area (TPSA) is 66.8 Å². The van der Waals surface area contributed by atoms with Gasteiger partial charge >= 0.3 is 12.1 Å². The third-order valence-electron chi connectivity index (χ3n) is 6.52. The van der Waals surface area contributed by atoms with Gasteiger partial charge in [-0.2, -0.15) is 0 Å². The monoisotopic (exact) mass is 377 g/mol. The number of carbonyl (C=O) groups excluding carboxylic acids is 1. The first-order chi connectivity index (χ1) is 13.6. The summed E-state index contributed by atoms with van der Waals surface area (Å²) < 4.78 is 5.77. The number of carbonyl (C=O) groups is 2. The molecule has 0 spiro atoms. The van der Waals surface area contributed by atoms with Gasteiger partial charge in [0.1, 0.15) is 6.61 Å². The summed E-state index contributed by atoms with van der Waals surface area (Å²) in [6, 6.07) is 16.6. The van der Waals surface area contributed by atoms with Crippen molar-refractivity contribution in [1.29, 1.82) is 0 Å². The highest BCUT2D eigenvalue weighted by molar-refractivity contribution is 5.79. The summed E-state index contributed by atoms with van der Waals surface area (Å²) >= 11 is 0. The highest BCUT2D eigenvalue weighted by Gasteiger charge is 2.52. The molecule has 0 bridgehead atoms. The van der Waals surface area contributed by atoms with Crippen LogP contribution in [0.25, 0.3) is 11.1 Å². The lowest BCUT2D eigenvalue weighted by Crippen LogP contribution is -2.38. The van der Waals surface area contributed by atoms with Crippen molar-refractivity contribution in [3.63, 3.8) is 0 Å². The summed E-state index contributed by atoms with van der Waals surface area (Å²) in [6.07, 6.45) is 2.16. The highest BCUT2D eigenvalue weighted by atomic mass is 16.6. The summed E-state index contributed by atoms with van der Waals surface area (Å²) in [4.78, 5) is 25.8. The van der Waals surface area contributed by atoms with Crippen LogP contribution in [-0.2, 0) is 9.53 Å². The number of likely N-dealkylation sites (tertiary alicyclic amines) is 1. The second-order valence-electron chi connectivity index (χ2n) is 8.05. The van der Waals surface area contributed by atoms with E-state index in [2.05, 4.69) is 24.3 Å². The first kappa shape index (κ1) is 17.3. The van der Waals surface area contributed by atoms with Gasteiger partial charge in [0.2, 0.25) is 0 Å². The van der Waals surface area contributed by atoms with E-state index in [-0.39, 0.29) is 29.9 Å². The molecule has 2 aromatic carbocycles. The molecule has 3 atom stereocenters. The molecule has 5 nitrogen and oxygen atoms in total. The van der Waals surface area contributed by atoms with Gasteiger partial charge in [0, 0.05) is 18.5 Å². The molecule has 2 aliphatic carbocycles. The quantitative estimate of drug-likeness (QED) is 0.870. The maximum atomic E-state index is 12.8. The average Bonchev–Trinajstić information content (AvgIpc) is 3.25. The summed E-state index contributed by atoms with van der Waals surface area (Å²) in [6.45, 7) is 0.966. The number of amides is 1. The lowest BCUT2D eigenvalue weighted by atomic mass is 9.98. The van der Waals surface area contributed by atoms with Gasteiger partial charge < -0.3 is 14.7 Å². The fraction of sp³-hybridized carbons (Fsp3) is 0.391. The Morgan fingerprint density at radius 2 is 1.68 bits per heavy atom. The molecule has 2 fully saturated rings. The lowest BCUT2D eigenvalue weighted by Gasteiger charge is -2.25. The summed E-state index contributed by atoms with van der Waals surface area (Å²) in [5.41, 5.74) is 4.81. The van der Waals surface area contributed by atoms with Crippen LogP contribution in [0.15, 0.2) is 48.5 Å². The van der Waals surface area contributed by atoms with Crippen molar-refractivity contribution in [1.82, 2.24) is 4.90 Å². The third kappa shape index (κ3) is 2.77. The third-order valence-corrected chi connectivity index (χ3v) is 6.52. The average molecular weight is 377 g/mol. The minimum Gasteiger partial charge on any atom is -0.481 e. The molecule has 1 N–H and O–H groups in total. The Morgan fingerprint density at radius 1 is 1.04 bits per heavy atom. The molecule has 1 aliphatic heterocycles. The molecular formula is C23H23NO4. The maximum absolute atomic E-state index is 12.8.